The number of nitrogens with one attached hydrogen (secondary N) is 1. The molecule has 1 aliphatic heterocycles. The van der Waals surface area contributed by atoms with E-state index in [2.05, 4.69) is 38.1 Å². The molecule has 2 aliphatic rings. The number of hydrogen-bond acceptors (Lipinski definition) is 3. The van der Waals surface area contributed by atoms with Gasteiger partial charge in [-0.15, -0.1) is 0 Å². The van der Waals surface area contributed by atoms with E-state index in [1.54, 1.807) is 0 Å². The molecule has 0 spiro atoms. The highest BCUT2D eigenvalue weighted by molar-refractivity contribution is 5.02. The molecule has 106 valence electrons. The lowest BCUT2D eigenvalue weighted by Crippen LogP contribution is -2.68. The second-order valence-electron chi connectivity index (χ2n) is 7.04. The molecule has 0 aromatic carbocycles. The molecule has 2 atom stereocenters. The van der Waals surface area contributed by atoms with Gasteiger partial charge in [0.2, 0.25) is 0 Å². The largest absolute Gasteiger partial charge is 0.329 e. The van der Waals surface area contributed by atoms with Crippen molar-refractivity contribution in [3.63, 3.8) is 0 Å². The van der Waals surface area contributed by atoms with Gasteiger partial charge in [0.25, 0.3) is 0 Å². The molecule has 0 aromatic heterocycles. The lowest BCUT2D eigenvalue weighted by atomic mass is 9.64. The quantitative estimate of drug-likeness (QED) is 0.809. The van der Waals surface area contributed by atoms with Crippen LogP contribution in [0, 0.1) is 11.8 Å². The van der Waals surface area contributed by atoms with Gasteiger partial charge in [-0.05, 0) is 51.4 Å². The van der Waals surface area contributed by atoms with Crippen molar-refractivity contribution in [2.75, 3.05) is 6.54 Å². The molecule has 3 heteroatoms. The van der Waals surface area contributed by atoms with E-state index in [9.17, 15) is 0 Å². The molecule has 0 bridgehead atoms. The fourth-order valence-corrected chi connectivity index (χ4v) is 3.63. The Morgan fingerprint density at radius 3 is 2.22 bits per heavy atom. The predicted octanol–water partition coefficient (Wildman–Crippen LogP) is 2.52. The van der Waals surface area contributed by atoms with Crippen molar-refractivity contribution < 1.29 is 0 Å². The predicted molar refractivity (Wildman–Crippen MR) is 77.1 cm³/mol. The first-order valence-electron chi connectivity index (χ1n) is 7.73. The van der Waals surface area contributed by atoms with E-state index in [-0.39, 0.29) is 5.54 Å². The molecule has 0 amide bonds. The summed E-state index contributed by atoms with van der Waals surface area (Å²) < 4.78 is 0. The summed E-state index contributed by atoms with van der Waals surface area (Å²) in [5, 5.41) is 2.49. The van der Waals surface area contributed by atoms with Crippen molar-refractivity contribution in [3.05, 3.63) is 0 Å². The first-order valence-corrected chi connectivity index (χ1v) is 7.73. The molecule has 1 aliphatic carbocycles. The highest BCUT2D eigenvalue weighted by atomic mass is 15.6. The number of piperidine rings is 1. The monoisotopic (exact) mass is 253 g/mol. The van der Waals surface area contributed by atoms with Crippen molar-refractivity contribution in [2.24, 2.45) is 17.6 Å². The molecule has 1 saturated heterocycles. The molecule has 18 heavy (non-hydrogen) atoms. The summed E-state index contributed by atoms with van der Waals surface area (Å²) in [5.41, 5.74) is 10.1. The van der Waals surface area contributed by atoms with Crippen LogP contribution in [0.15, 0.2) is 0 Å². The zero-order valence-corrected chi connectivity index (χ0v) is 12.6. The Bertz CT molecular complexity index is 261. The Kier molecular flexibility index (Phi) is 4.35. The van der Waals surface area contributed by atoms with Crippen molar-refractivity contribution in [1.29, 1.82) is 0 Å². The Hall–Kier alpha value is -0.120. The maximum Gasteiger partial charge on any atom is 0.0453 e. The molecule has 3 nitrogen and oxygen atoms in total. The molecule has 2 unspecified atom stereocenters. The lowest BCUT2D eigenvalue weighted by Gasteiger charge is -2.54. The topological polar surface area (TPSA) is 41.3 Å². The average molecular weight is 253 g/mol. The van der Waals surface area contributed by atoms with Gasteiger partial charge in [-0.2, -0.15) is 0 Å². The minimum Gasteiger partial charge on any atom is -0.329 e. The zero-order valence-electron chi connectivity index (χ0n) is 12.6. The number of nitrogens with zero attached hydrogens (tertiary/aromatic N) is 1. The van der Waals surface area contributed by atoms with Crippen molar-refractivity contribution in [3.8, 4) is 0 Å². The number of rotatable bonds is 4. The Balaban J connectivity index is 1.94. The summed E-state index contributed by atoms with van der Waals surface area (Å²) in [6, 6.07) is 1.30. The van der Waals surface area contributed by atoms with E-state index in [0.717, 1.165) is 18.4 Å². The van der Waals surface area contributed by atoms with E-state index in [1.807, 2.05) is 0 Å². The Labute approximate surface area is 112 Å². The third-order valence-corrected chi connectivity index (χ3v) is 5.20. The van der Waals surface area contributed by atoms with E-state index in [4.69, 9.17) is 5.73 Å². The summed E-state index contributed by atoms with van der Waals surface area (Å²) in [7, 11) is 0. The minimum atomic E-state index is 0.189. The second kappa shape index (κ2) is 5.48. The van der Waals surface area contributed by atoms with Gasteiger partial charge in [0.15, 0.2) is 0 Å². The molecule has 2 rings (SSSR count). The highest BCUT2D eigenvalue weighted by Crippen LogP contribution is 2.42. The number of nitrogens with two attached hydrogens (primary N) is 1. The van der Waals surface area contributed by atoms with Crippen LogP contribution in [0.2, 0.25) is 0 Å². The molecule has 2 fully saturated rings. The van der Waals surface area contributed by atoms with Crippen molar-refractivity contribution >= 4 is 0 Å². The third-order valence-electron chi connectivity index (χ3n) is 5.20. The van der Waals surface area contributed by atoms with Crippen LogP contribution in [-0.2, 0) is 0 Å². The Morgan fingerprint density at radius 1 is 1.22 bits per heavy atom. The van der Waals surface area contributed by atoms with E-state index >= 15 is 0 Å². The van der Waals surface area contributed by atoms with Crippen LogP contribution in [0.25, 0.3) is 0 Å². The van der Waals surface area contributed by atoms with Crippen molar-refractivity contribution in [2.45, 2.75) is 77.4 Å². The molecular formula is C15H31N3. The van der Waals surface area contributed by atoms with Crippen LogP contribution >= 0.6 is 0 Å². The normalized spacial score (nSPS) is 42.0. The number of hydrogen-bond donors (Lipinski definition) is 2. The summed E-state index contributed by atoms with van der Waals surface area (Å²) in [4.78, 5) is 0. The van der Waals surface area contributed by atoms with E-state index in [0.29, 0.717) is 12.1 Å². The molecule has 1 heterocycles. The Morgan fingerprint density at radius 2 is 1.78 bits per heavy atom. The first-order chi connectivity index (χ1) is 8.47. The average Bonchev–Trinajstić information content (AvgIpc) is 2.26. The van der Waals surface area contributed by atoms with Gasteiger partial charge in [-0.1, -0.05) is 20.3 Å². The maximum atomic E-state index is 6.05. The fraction of sp³-hybridized carbons (Fsp3) is 1.00. The summed E-state index contributed by atoms with van der Waals surface area (Å²) >= 11 is 0. The smallest absolute Gasteiger partial charge is 0.0453 e. The lowest BCUT2D eigenvalue weighted by molar-refractivity contribution is -0.0509. The molecule has 3 N–H and O–H groups in total. The van der Waals surface area contributed by atoms with E-state index in [1.165, 1.54) is 32.1 Å². The van der Waals surface area contributed by atoms with Crippen LogP contribution in [0.1, 0.15) is 59.8 Å². The number of hydrazine groups is 1. The van der Waals surface area contributed by atoms with Gasteiger partial charge in [0.1, 0.15) is 0 Å². The standard InChI is InChI=1S/C15H31N3/c1-11(2)14-8-15(9-14,10-16)17-18-12(3)6-5-7-13(18)4/h11-14,17H,5-10,16H2,1-4H3. The van der Waals surface area contributed by atoms with Crippen LogP contribution < -0.4 is 11.2 Å². The van der Waals surface area contributed by atoms with Crippen molar-refractivity contribution in [1.82, 2.24) is 10.4 Å². The van der Waals surface area contributed by atoms with Crippen LogP contribution in [0.5, 0.6) is 0 Å². The highest BCUT2D eigenvalue weighted by Gasteiger charge is 2.46. The second-order valence-corrected chi connectivity index (χ2v) is 7.04. The van der Waals surface area contributed by atoms with Gasteiger partial charge in [0, 0.05) is 24.2 Å². The van der Waals surface area contributed by atoms with Gasteiger partial charge < -0.3 is 5.73 Å². The molecule has 1 saturated carbocycles. The molecule has 0 aromatic rings. The van der Waals surface area contributed by atoms with Gasteiger partial charge >= 0.3 is 0 Å². The van der Waals surface area contributed by atoms with E-state index < -0.39 is 0 Å². The summed E-state index contributed by atoms with van der Waals surface area (Å²) in [6.45, 7) is 10.1. The van der Waals surface area contributed by atoms with Crippen LogP contribution in [0.3, 0.4) is 0 Å². The SMILES string of the molecule is CC(C)C1CC(CN)(NN2C(C)CCCC2C)C1. The fourth-order valence-electron chi connectivity index (χ4n) is 3.63. The summed E-state index contributed by atoms with van der Waals surface area (Å²) in [6.07, 6.45) is 6.48. The van der Waals surface area contributed by atoms with Gasteiger partial charge in [-0.25, -0.2) is 10.4 Å². The summed E-state index contributed by atoms with van der Waals surface area (Å²) in [5.74, 6) is 1.65. The van der Waals surface area contributed by atoms with Crippen LogP contribution in [-0.4, -0.2) is 29.2 Å². The minimum absolute atomic E-state index is 0.189. The zero-order chi connectivity index (χ0) is 13.3. The molecular weight excluding hydrogens is 222 g/mol. The first kappa shape index (κ1) is 14.3. The van der Waals surface area contributed by atoms with Gasteiger partial charge in [-0.3, -0.25) is 0 Å². The third kappa shape index (κ3) is 2.73. The maximum absolute atomic E-state index is 6.05. The van der Waals surface area contributed by atoms with Crippen LogP contribution in [0.4, 0.5) is 0 Å². The van der Waals surface area contributed by atoms with Gasteiger partial charge in [0.05, 0.1) is 0 Å². The molecule has 0 radical (unpaired) electrons.